The Morgan fingerprint density at radius 1 is 1.26 bits per heavy atom. The summed E-state index contributed by atoms with van der Waals surface area (Å²) < 4.78 is 5.61. The molecule has 0 aliphatic heterocycles. The molecule has 2 rings (SSSR count). The maximum atomic E-state index is 11.4. The number of nitrogens with two attached hydrogens (primary N) is 1. The van der Waals surface area contributed by atoms with E-state index >= 15 is 0 Å². The Morgan fingerprint density at radius 3 is 2.53 bits per heavy atom. The van der Waals surface area contributed by atoms with Gasteiger partial charge in [-0.15, -0.1) is 0 Å². The van der Waals surface area contributed by atoms with E-state index in [4.69, 9.17) is 10.5 Å². The molecule has 1 heterocycles. The molecule has 0 fully saturated rings. The summed E-state index contributed by atoms with van der Waals surface area (Å²) in [5, 5.41) is 3.01. The molecule has 5 nitrogen and oxygen atoms in total. The Hall–Kier alpha value is -2.56. The van der Waals surface area contributed by atoms with Gasteiger partial charge in [0.25, 0.3) is 5.91 Å². The maximum absolute atomic E-state index is 11.4. The number of benzene rings is 1. The number of ether oxygens (including phenoxy) is 1. The monoisotopic (exact) mass is 257 g/mol. The number of nitrogens with one attached hydrogen (secondary N) is 1. The molecule has 0 atom stereocenters. The smallest absolute Gasteiger partial charge is 0.254 e. The van der Waals surface area contributed by atoms with E-state index in [-0.39, 0.29) is 5.88 Å². The van der Waals surface area contributed by atoms with Crippen LogP contribution in [0.4, 0.5) is 5.69 Å². The molecular weight excluding hydrogens is 242 g/mol. The lowest BCUT2D eigenvalue weighted by Crippen LogP contribution is -2.14. The van der Waals surface area contributed by atoms with Crippen molar-refractivity contribution in [3.63, 3.8) is 0 Å². The Balaban J connectivity index is 2.32. The Labute approximate surface area is 111 Å². The Morgan fingerprint density at radius 2 is 1.95 bits per heavy atom. The van der Waals surface area contributed by atoms with Crippen molar-refractivity contribution in [2.24, 2.45) is 5.73 Å². The van der Waals surface area contributed by atoms with Crippen LogP contribution >= 0.6 is 0 Å². The molecule has 0 unspecified atom stereocenters. The van der Waals surface area contributed by atoms with Crippen LogP contribution in [0.15, 0.2) is 36.5 Å². The third-order valence-corrected chi connectivity index (χ3v) is 2.73. The lowest BCUT2D eigenvalue weighted by atomic mass is 10.1. The normalized spacial score (nSPS) is 10.0. The molecule has 0 radical (unpaired) electrons. The van der Waals surface area contributed by atoms with Crippen molar-refractivity contribution in [1.29, 1.82) is 0 Å². The molecule has 0 saturated heterocycles. The van der Waals surface area contributed by atoms with Gasteiger partial charge >= 0.3 is 0 Å². The number of aromatic nitrogens is 1. The molecule has 2 aromatic rings. The maximum Gasteiger partial charge on any atom is 0.254 e. The van der Waals surface area contributed by atoms with Crippen molar-refractivity contribution < 1.29 is 9.53 Å². The zero-order chi connectivity index (χ0) is 13.8. The van der Waals surface area contributed by atoms with E-state index in [1.807, 2.05) is 19.2 Å². The summed E-state index contributed by atoms with van der Waals surface area (Å²) in [5.74, 6) is 0.275. The number of pyridine rings is 1. The van der Waals surface area contributed by atoms with Crippen molar-refractivity contribution in [3.8, 4) is 11.6 Å². The lowest BCUT2D eigenvalue weighted by Gasteiger charge is -2.10. The summed E-state index contributed by atoms with van der Waals surface area (Å²) in [7, 11) is 1.84. The van der Waals surface area contributed by atoms with Crippen LogP contribution in [0.3, 0.4) is 0 Å². The van der Waals surface area contributed by atoms with Crippen LogP contribution in [0.25, 0.3) is 0 Å². The topological polar surface area (TPSA) is 77.2 Å². The molecule has 3 N–H and O–H groups in total. The molecular formula is C14H15N3O2. The van der Waals surface area contributed by atoms with Crippen molar-refractivity contribution in [1.82, 2.24) is 4.98 Å². The van der Waals surface area contributed by atoms with Gasteiger partial charge in [0.05, 0.1) is 0 Å². The van der Waals surface area contributed by atoms with Crippen LogP contribution in [-0.4, -0.2) is 17.9 Å². The first-order chi connectivity index (χ1) is 9.11. The molecule has 5 heteroatoms. The minimum absolute atomic E-state index is 0.227. The zero-order valence-electron chi connectivity index (χ0n) is 10.8. The fraction of sp³-hybridized carbons (Fsp3) is 0.143. The predicted octanol–water partition coefficient (Wildman–Crippen LogP) is 2.32. The number of hydrogen-bond donors (Lipinski definition) is 2. The molecule has 1 aromatic carbocycles. The number of aryl methyl sites for hydroxylation is 1. The number of hydrogen-bond acceptors (Lipinski definition) is 4. The van der Waals surface area contributed by atoms with Gasteiger partial charge in [0.2, 0.25) is 5.88 Å². The standard InChI is InChI=1S/C14H15N3O2/c1-9-7-8-17-14(12(9)13(15)18)19-11-5-3-10(16-2)4-6-11/h3-8,16H,1-2H3,(H2,15,18). The summed E-state index contributed by atoms with van der Waals surface area (Å²) in [6.45, 7) is 1.79. The number of rotatable bonds is 4. The van der Waals surface area contributed by atoms with E-state index < -0.39 is 5.91 Å². The van der Waals surface area contributed by atoms with E-state index in [0.717, 1.165) is 11.3 Å². The first-order valence-corrected chi connectivity index (χ1v) is 5.83. The first kappa shape index (κ1) is 12.9. The van der Waals surface area contributed by atoms with Gasteiger partial charge in [-0.05, 0) is 42.8 Å². The van der Waals surface area contributed by atoms with Gasteiger partial charge in [-0.3, -0.25) is 4.79 Å². The van der Waals surface area contributed by atoms with Gasteiger partial charge in [-0.25, -0.2) is 4.98 Å². The first-order valence-electron chi connectivity index (χ1n) is 5.83. The van der Waals surface area contributed by atoms with Crippen LogP contribution in [0.2, 0.25) is 0 Å². The van der Waals surface area contributed by atoms with E-state index in [2.05, 4.69) is 10.3 Å². The predicted molar refractivity (Wildman–Crippen MR) is 73.6 cm³/mol. The molecule has 0 aliphatic rings. The number of amides is 1. The van der Waals surface area contributed by atoms with Crippen LogP contribution in [0, 0.1) is 6.92 Å². The highest BCUT2D eigenvalue weighted by molar-refractivity contribution is 5.96. The molecule has 19 heavy (non-hydrogen) atoms. The highest BCUT2D eigenvalue weighted by atomic mass is 16.5. The van der Waals surface area contributed by atoms with Gasteiger partial charge < -0.3 is 15.8 Å². The number of nitrogens with zero attached hydrogens (tertiary/aromatic N) is 1. The third kappa shape index (κ3) is 2.82. The molecule has 1 amide bonds. The fourth-order valence-corrected chi connectivity index (χ4v) is 1.71. The lowest BCUT2D eigenvalue weighted by molar-refractivity contribution is 0.0997. The van der Waals surface area contributed by atoms with Crippen LogP contribution in [-0.2, 0) is 0 Å². The number of carbonyl (C=O) groups is 1. The second-order valence-corrected chi connectivity index (χ2v) is 4.05. The molecule has 0 bridgehead atoms. The number of anilines is 1. The quantitative estimate of drug-likeness (QED) is 0.881. The average Bonchev–Trinajstić information content (AvgIpc) is 2.39. The van der Waals surface area contributed by atoms with E-state index in [1.165, 1.54) is 0 Å². The zero-order valence-corrected chi connectivity index (χ0v) is 10.8. The second-order valence-electron chi connectivity index (χ2n) is 4.05. The van der Waals surface area contributed by atoms with Gasteiger partial charge in [-0.2, -0.15) is 0 Å². The van der Waals surface area contributed by atoms with Gasteiger partial charge in [0, 0.05) is 18.9 Å². The Kier molecular flexibility index (Phi) is 3.66. The van der Waals surface area contributed by atoms with Crippen molar-refractivity contribution in [2.45, 2.75) is 6.92 Å². The van der Waals surface area contributed by atoms with Crippen molar-refractivity contribution in [3.05, 3.63) is 47.7 Å². The minimum atomic E-state index is -0.549. The van der Waals surface area contributed by atoms with Crippen LogP contribution in [0.1, 0.15) is 15.9 Å². The van der Waals surface area contributed by atoms with Gasteiger partial charge in [0.15, 0.2) is 0 Å². The largest absolute Gasteiger partial charge is 0.438 e. The van der Waals surface area contributed by atoms with Gasteiger partial charge in [0.1, 0.15) is 11.3 Å². The van der Waals surface area contributed by atoms with E-state index in [9.17, 15) is 4.79 Å². The third-order valence-electron chi connectivity index (χ3n) is 2.73. The van der Waals surface area contributed by atoms with Crippen molar-refractivity contribution >= 4 is 11.6 Å². The molecule has 0 aliphatic carbocycles. The van der Waals surface area contributed by atoms with E-state index in [0.29, 0.717) is 11.3 Å². The summed E-state index contributed by atoms with van der Waals surface area (Å²) in [6.07, 6.45) is 1.58. The molecule has 0 saturated carbocycles. The van der Waals surface area contributed by atoms with Crippen LogP contribution < -0.4 is 15.8 Å². The second kappa shape index (κ2) is 5.39. The number of primary amides is 1. The summed E-state index contributed by atoms with van der Waals surface area (Å²) in [4.78, 5) is 15.5. The minimum Gasteiger partial charge on any atom is -0.438 e. The summed E-state index contributed by atoms with van der Waals surface area (Å²) in [5.41, 5.74) is 7.36. The molecule has 0 spiro atoms. The Bertz CT molecular complexity index is 594. The average molecular weight is 257 g/mol. The van der Waals surface area contributed by atoms with Crippen LogP contribution in [0.5, 0.6) is 11.6 Å². The van der Waals surface area contributed by atoms with E-state index in [1.54, 1.807) is 31.3 Å². The summed E-state index contributed by atoms with van der Waals surface area (Å²) >= 11 is 0. The number of carbonyl (C=O) groups excluding carboxylic acids is 1. The fourth-order valence-electron chi connectivity index (χ4n) is 1.71. The summed E-state index contributed by atoms with van der Waals surface area (Å²) in [6, 6.07) is 9.04. The highest BCUT2D eigenvalue weighted by Gasteiger charge is 2.14. The molecule has 1 aromatic heterocycles. The SMILES string of the molecule is CNc1ccc(Oc2nccc(C)c2C(N)=O)cc1. The highest BCUT2D eigenvalue weighted by Crippen LogP contribution is 2.25. The van der Waals surface area contributed by atoms with Gasteiger partial charge in [-0.1, -0.05) is 0 Å². The van der Waals surface area contributed by atoms with Crippen molar-refractivity contribution in [2.75, 3.05) is 12.4 Å². The molecule has 98 valence electrons.